The molecule has 2 heterocycles. The number of carbonyl (C=O) groups is 2. The minimum Gasteiger partial charge on any atom is -0.368 e. The zero-order chi connectivity index (χ0) is 9.42. The van der Waals surface area contributed by atoms with Gasteiger partial charge in [-0.1, -0.05) is 0 Å². The maximum Gasteiger partial charge on any atom is 0.237 e. The molecule has 1 saturated carbocycles. The summed E-state index contributed by atoms with van der Waals surface area (Å²) in [6, 6.07) is 0.282. The number of nitrogens with two attached hydrogens (primary N) is 1. The molecular formula is C9H14N2O2. The van der Waals surface area contributed by atoms with Gasteiger partial charge in [-0.3, -0.25) is 9.59 Å². The van der Waals surface area contributed by atoms with E-state index < -0.39 is 5.91 Å². The number of fused-ring (bicyclic) bond motifs is 3. The van der Waals surface area contributed by atoms with Crippen molar-refractivity contribution in [3.63, 3.8) is 0 Å². The molecule has 2 amide bonds. The van der Waals surface area contributed by atoms with Crippen molar-refractivity contribution in [3.05, 3.63) is 0 Å². The van der Waals surface area contributed by atoms with Crippen LogP contribution in [0.4, 0.5) is 0 Å². The van der Waals surface area contributed by atoms with E-state index in [9.17, 15) is 9.59 Å². The van der Waals surface area contributed by atoms with Crippen molar-refractivity contribution in [2.24, 2.45) is 11.7 Å². The van der Waals surface area contributed by atoms with Gasteiger partial charge in [-0.25, -0.2) is 0 Å². The second kappa shape index (κ2) is 3.01. The van der Waals surface area contributed by atoms with Gasteiger partial charge in [0.25, 0.3) is 0 Å². The number of nitrogens with zero attached hydrogens (tertiary/aromatic N) is 1. The first-order valence-corrected chi connectivity index (χ1v) is 4.77. The number of hydrogen-bond donors (Lipinski definition) is 1. The lowest BCUT2D eigenvalue weighted by molar-refractivity contribution is -0.149. The molecule has 0 aromatic heterocycles. The summed E-state index contributed by atoms with van der Waals surface area (Å²) in [7, 11) is 0. The minimum atomic E-state index is -0.402. The summed E-state index contributed by atoms with van der Waals surface area (Å²) in [4.78, 5) is 24.0. The van der Waals surface area contributed by atoms with E-state index in [2.05, 4.69) is 0 Å². The van der Waals surface area contributed by atoms with Crippen molar-refractivity contribution in [2.75, 3.05) is 6.54 Å². The summed E-state index contributed by atoms with van der Waals surface area (Å²) < 4.78 is 0. The van der Waals surface area contributed by atoms with Crippen LogP contribution < -0.4 is 5.73 Å². The van der Waals surface area contributed by atoms with Gasteiger partial charge in [0.15, 0.2) is 0 Å². The van der Waals surface area contributed by atoms with Crippen LogP contribution in [-0.4, -0.2) is 29.3 Å². The highest BCUT2D eigenvalue weighted by Crippen LogP contribution is 2.35. The number of carbonyl (C=O) groups excluding carboxylic acids is 2. The normalized spacial score (nSPS) is 32.3. The van der Waals surface area contributed by atoms with E-state index in [1.807, 2.05) is 0 Å². The molecule has 0 atom stereocenters. The van der Waals surface area contributed by atoms with Gasteiger partial charge in [0.1, 0.15) is 0 Å². The molecule has 3 rings (SSSR count). The molecule has 3 fully saturated rings. The highest BCUT2D eigenvalue weighted by atomic mass is 16.2. The van der Waals surface area contributed by atoms with Crippen LogP contribution >= 0.6 is 0 Å². The average molecular weight is 182 g/mol. The van der Waals surface area contributed by atoms with Crippen LogP contribution in [0.2, 0.25) is 0 Å². The molecule has 0 spiro atoms. The van der Waals surface area contributed by atoms with Gasteiger partial charge < -0.3 is 10.6 Å². The molecular weight excluding hydrogens is 168 g/mol. The first-order chi connectivity index (χ1) is 6.18. The van der Waals surface area contributed by atoms with Crippen LogP contribution in [0.3, 0.4) is 0 Å². The van der Waals surface area contributed by atoms with Gasteiger partial charge in [0, 0.05) is 12.0 Å². The quantitative estimate of drug-likeness (QED) is 0.646. The molecule has 0 aromatic carbocycles. The molecule has 4 nitrogen and oxygen atoms in total. The predicted octanol–water partition coefficient (Wildman–Crippen LogP) is -0.127. The van der Waals surface area contributed by atoms with Gasteiger partial charge in [0.2, 0.25) is 11.8 Å². The zero-order valence-corrected chi connectivity index (χ0v) is 7.53. The molecule has 4 heteroatoms. The second-order valence-corrected chi connectivity index (χ2v) is 3.94. The molecule has 2 N–H and O–H groups in total. The van der Waals surface area contributed by atoms with E-state index in [0.29, 0.717) is 0 Å². The fraction of sp³-hybridized carbons (Fsp3) is 0.778. The second-order valence-electron chi connectivity index (χ2n) is 3.94. The van der Waals surface area contributed by atoms with Crippen LogP contribution in [-0.2, 0) is 9.59 Å². The summed E-state index contributed by atoms with van der Waals surface area (Å²) in [5.41, 5.74) is 5.08. The fourth-order valence-corrected chi connectivity index (χ4v) is 2.42. The van der Waals surface area contributed by atoms with Gasteiger partial charge in [-0.05, 0) is 25.7 Å². The van der Waals surface area contributed by atoms with E-state index in [0.717, 1.165) is 25.7 Å². The highest BCUT2D eigenvalue weighted by Gasteiger charge is 2.40. The van der Waals surface area contributed by atoms with Crippen LogP contribution in [0.15, 0.2) is 0 Å². The van der Waals surface area contributed by atoms with E-state index in [-0.39, 0.29) is 24.4 Å². The maximum atomic E-state index is 11.6. The summed E-state index contributed by atoms with van der Waals surface area (Å²) >= 11 is 0. The zero-order valence-electron chi connectivity index (χ0n) is 7.53. The van der Waals surface area contributed by atoms with Gasteiger partial charge in [-0.2, -0.15) is 0 Å². The van der Waals surface area contributed by atoms with E-state index in [1.165, 1.54) is 0 Å². The molecule has 0 radical (unpaired) electrons. The smallest absolute Gasteiger partial charge is 0.237 e. The molecule has 0 unspecified atom stereocenters. The lowest BCUT2D eigenvalue weighted by atomic mass is 9.79. The Hall–Kier alpha value is -1.06. The Bertz CT molecular complexity index is 244. The summed E-state index contributed by atoms with van der Waals surface area (Å²) in [5.74, 6) is -0.0912. The van der Waals surface area contributed by atoms with Gasteiger partial charge in [0.05, 0.1) is 6.54 Å². The van der Waals surface area contributed by atoms with Gasteiger partial charge in [-0.15, -0.1) is 0 Å². The van der Waals surface area contributed by atoms with Crippen LogP contribution in [0.1, 0.15) is 25.7 Å². The van der Waals surface area contributed by atoms with Gasteiger partial charge >= 0.3 is 0 Å². The van der Waals surface area contributed by atoms with Crippen LogP contribution in [0.5, 0.6) is 0 Å². The Morgan fingerprint density at radius 2 is 2.00 bits per heavy atom. The lowest BCUT2D eigenvalue weighted by Gasteiger charge is -2.44. The summed E-state index contributed by atoms with van der Waals surface area (Å²) in [6.45, 7) is 0.111. The number of piperidine rings is 2. The first kappa shape index (κ1) is 8.53. The monoisotopic (exact) mass is 182 g/mol. The molecule has 1 aliphatic carbocycles. The number of primary amides is 1. The largest absolute Gasteiger partial charge is 0.368 e. The van der Waals surface area contributed by atoms with Crippen molar-refractivity contribution < 1.29 is 9.59 Å². The SMILES string of the molecule is NC(=O)CN1C(=O)C2CCC1CC2. The number of hydrogen-bond acceptors (Lipinski definition) is 2. The third-order valence-corrected chi connectivity index (χ3v) is 3.10. The Kier molecular flexibility index (Phi) is 1.98. The minimum absolute atomic E-state index is 0.111. The fourth-order valence-electron chi connectivity index (χ4n) is 2.42. The third kappa shape index (κ3) is 1.41. The highest BCUT2D eigenvalue weighted by molar-refractivity contribution is 5.86. The Labute approximate surface area is 77.1 Å². The molecule has 2 aliphatic heterocycles. The molecule has 13 heavy (non-hydrogen) atoms. The lowest BCUT2D eigenvalue weighted by Crippen LogP contribution is -2.54. The van der Waals surface area contributed by atoms with Crippen LogP contribution in [0, 0.1) is 5.92 Å². The molecule has 2 saturated heterocycles. The Balaban J connectivity index is 2.09. The average Bonchev–Trinajstić information content (AvgIpc) is 2.11. The molecule has 0 aromatic rings. The predicted molar refractivity (Wildman–Crippen MR) is 46.7 cm³/mol. The molecule has 2 bridgehead atoms. The third-order valence-electron chi connectivity index (χ3n) is 3.10. The number of rotatable bonds is 2. The standard InChI is InChI=1S/C9H14N2O2/c10-8(12)5-11-7-3-1-6(2-4-7)9(11)13/h6-7H,1-5H2,(H2,10,12). The summed E-state index contributed by atoms with van der Waals surface area (Å²) in [6.07, 6.45) is 4.09. The van der Waals surface area contributed by atoms with E-state index in [4.69, 9.17) is 5.73 Å². The van der Waals surface area contributed by atoms with E-state index >= 15 is 0 Å². The molecule has 3 aliphatic rings. The van der Waals surface area contributed by atoms with Crippen molar-refractivity contribution in [1.29, 1.82) is 0 Å². The number of amides is 2. The van der Waals surface area contributed by atoms with Crippen molar-refractivity contribution in [3.8, 4) is 0 Å². The summed E-state index contributed by atoms with van der Waals surface area (Å²) in [5, 5.41) is 0. The Morgan fingerprint density at radius 3 is 2.46 bits per heavy atom. The topological polar surface area (TPSA) is 63.4 Å². The first-order valence-electron chi connectivity index (χ1n) is 4.77. The van der Waals surface area contributed by atoms with Crippen molar-refractivity contribution in [1.82, 2.24) is 4.90 Å². The van der Waals surface area contributed by atoms with E-state index in [1.54, 1.807) is 4.90 Å². The van der Waals surface area contributed by atoms with Crippen LogP contribution in [0.25, 0.3) is 0 Å². The molecule has 72 valence electrons. The van der Waals surface area contributed by atoms with Crippen molar-refractivity contribution in [2.45, 2.75) is 31.7 Å². The Morgan fingerprint density at radius 1 is 1.38 bits per heavy atom. The van der Waals surface area contributed by atoms with Crippen molar-refractivity contribution >= 4 is 11.8 Å². The maximum absolute atomic E-state index is 11.6.